The summed E-state index contributed by atoms with van der Waals surface area (Å²) in [5.74, 6) is 0.648. The summed E-state index contributed by atoms with van der Waals surface area (Å²) in [5, 5.41) is 3.19. The fraction of sp³-hybridized carbons (Fsp3) is 0.600. The van der Waals surface area contributed by atoms with Gasteiger partial charge in [0.15, 0.2) is 0 Å². The molecule has 1 fully saturated rings. The highest BCUT2D eigenvalue weighted by Gasteiger charge is 2.29. The summed E-state index contributed by atoms with van der Waals surface area (Å²) in [6, 6.07) is 0. The van der Waals surface area contributed by atoms with Crippen molar-refractivity contribution in [2.24, 2.45) is 0 Å². The van der Waals surface area contributed by atoms with Crippen molar-refractivity contribution >= 4 is 21.9 Å². The maximum atomic E-state index is 5.66. The molecule has 2 heterocycles. The van der Waals surface area contributed by atoms with E-state index >= 15 is 0 Å². The van der Waals surface area contributed by atoms with Crippen LogP contribution in [-0.2, 0) is 4.74 Å². The molecule has 0 saturated carbocycles. The molecule has 1 aromatic rings. The van der Waals surface area contributed by atoms with Gasteiger partial charge < -0.3 is 10.1 Å². The van der Waals surface area contributed by atoms with Gasteiger partial charge in [-0.2, -0.15) is 0 Å². The van der Waals surface area contributed by atoms with Gasteiger partial charge in [0.2, 0.25) is 5.95 Å². The van der Waals surface area contributed by atoms with Gasteiger partial charge in [-0.25, -0.2) is 9.97 Å². The summed E-state index contributed by atoms with van der Waals surface area (Å²) in [6.45, 7) is 3.74. The lowest BCUT2D eigenvalue weighted by Gasteiger charge is -2.23. The third-order valence-electron chi connectivity index (χ3n) is 2.54. The van der Waals surface area contributed by atoms with Crippen LogP contribution in [0.5, 0.6) is 0 Å². The number of aromatic nitrogens is 2. The van der Waals surface area contributed by atoms with Crippen molar-refractivity contribution < 1.29 is 4.74 Å². The second kappa shape index (κ2) is 4.45. The fourth-order valence-electron chi connectivity index (χ4n) is 1.65. The lowest BCUT2D eigenvalue weighted by atomic mass is 10.0. The molecule has 1 saturated heterocycles. The summed E-state index contributed by atoms with van der Waals surface area (Å²) >= 11 is 3.30. The highest BCUT2D eigenvalue weighted by Crippen LogP contribution is 2.24. The number of hydrogen-bond donors (Lipinski definition) is 1. The van der Waals surface area contributed by atoms with Crippen LogP contribution in [0.15, 0.2) is 16.9 Å². The first-order valence-corrected chi connectivity index (χ1v) is 5.83. The second-order valence-electron chi connectivity index (χ2n) is 3.98. The Labute approximate surface area is 97.6 Å². The molecular weight excluding hydrogens is 258 g/mol. The Morgan fingerprint density at radius 2 is 2.27 bits per heavy atom. The average molecular weight is 272 g/mol. The van der Waals surface area contributed by atoms with Crippen LogP contribution in [0.3, 0.4) is 0 Å². The molecule has 0 aliphatic carbocycles. The second-order valence-corrected chi connectivity index (χ2v) is 4.90. The normalized spacial score (nSPS) is 25.5. The summed E-state index contributed by atoms with van der Waals surface area (Å²) < 4.78 is 6.54. The predicted octanol–water partition coefficient (Wildman–Crippen LogP) is 2.22. The van der Waals surface area contributed by atoms with E-state index in [0.717, 1.165) is 30.5 Å². The molecule has 2 rings (SSSR count). The minimum atomic E-state index is -0.0591. The van der Waals surface area contributed by atoms with Gasteiger partial charge in [0.25, 0.3) is 0 Å². The number of ether oxygens (including phenoxy) is 1. The lowest BCUT2D eigenvalue weighted by Crippen LogP contribution is -2.32. The van der Waals surface area contributed by atoms with E-state index in [1.54, 1.807) is 12.4 Å². The average Bonchev–Trinajstić information content (AvgIpc) is 2.65. The quantitative estimate of drug-likeness (QED) is 0.916. The van der Waals surface area contributed by atoms with Crippen molar-refractivity contribution in [1.29, 1.82) is 0 Å². The van der Waals surface area contributed by atoms with Crippen molar-refractivity contribution in [3.8, 4) is 0 Å². The maximum Gasteiger partial charge on any atom is 0.222 e. The van der Waals surface area contributed by atoms with Crippen LogP contribution >= 0.6 is 15.9 Å². The zero-order chi connectivity index (χ0) is 10.7. The number of nitrogens with zero attached hydrogens (tertiary/aromatic N) is 2. The molecular formula is C10H14BrN3O. The molecule has 4 nitrogen and oxygen atoms in total. The SMILES string of the molecule is CC1(CNc2ncc(Br)cn2)CCCO1. The van der Waals surface area contributed by atoms with Crippen LogP contribution in [0.2, 0.25) is 0 Å². The van der Waals surface area contributed by atoms with Crippen LogP contribution in [0.25, 0.3) is 0 Å². The van der Waals surface area contributed by atoms with E-state index in [1.807, 2.05) is 0 Å². The zero-order valence-electron chi connectivity index (χ0n) is 8.66. The van der Waals surface area contributed by atoms with Crippen molar-refractivity contribution in [2.45, 2.75) is 25.4 Å². The summed E-state index contributed by atoms with van der Waals surface area (Å²) in [6.07, 6.45) is 5.69. The molecule has 1 aromatic heterocycles. The van der Waals surface area contributed by atoms with Crippen LogP contribution in [0.1, 0.15) is 19.8 Å². The van der Waals surface area contributed by atoms with E-state index in [1.165, 1.54) is 0 Å². The summed E-state index contributed by atoms with van der Waals surface area (Å²) in [7, 11) is 0. The first-order chi connectivity index (χ1) is 7.18. The number of nitrogens with one attached hydrogen (secondary N) is 1. The van der Waals surface area contributed by atoms with Gasteiger partial charge in [0.05, 0.1) is 10.1 Å². The van der Waals surface area contributed by atoms with E-state index in [4.69, 9.17) is 4.74 Å². The third-order valence-corrected chi connectivity index (χ3v) is 2.95. The van der Waals surface area contributed by atoms with Crippen LogP contribution in [0, 0.1) is 0 Å². The third kappa shape index (κ3) is 2.89. The minimum absolute atomic E-state index is 0.0591. The van der Waals surface area contributed by atoms with Crippen molar-refractivity contribution in [1.82, 2.24) is 9.97 Å². The first kappa shape index (κ1) is 10.8. The molecule has 0 bridgehead atoms. The summed E-state index contributed by atoms with van der Waals surface area (Å²) in [5.41, 5.74) is -0.0591. The van der Waals surface area contributed by atoms with Gasteiger partial charge in [0.1, 0.15) is 0 Å². The summed E-state index contributed by atoms with van der Waals surface area (Å²) in [4.78, 5) is 8.29. The molecule has 0 amide bonds. The van der Waals surface area contributed by atoms with E-state index in [2.05, 4.69) is 38.1 Å². The van der Waals surface area contributed by atoms with Gasteiger partial charge in [-0.3, -0.25) is 0 Å². The van der Waals surface area contributed by atoms with Gasteiger partial charge >= 0.3 is 0 Å². The molecule has 1 aliphatic heterocycles. The van der Waals surface area contributed by atoms with Crippen LogP contribution in [-0.4, -0.2) is 28.7 Å². The predicted molar refractivity (Wildman–Crippen MR) is 61.8 cm³/mol. The van der Waals surface area contributed by atoms with Crippen molar-refractivity contribution in [2.75, 3.05) is 18.5 Å². The molecule has 0 radical (unpaired) electrons. The molecule has 1 N–H and O–H groups in total. The zero-order valence-corrected chi connectivity index (χ0v) is 10.2. The number of halogens is 1. The lowest BCUT2D eigenvalue weighted by molar-refractivity contribution is 0.0314. The molecule has 5 heteroatoms. The molecule has 1 unspecified atom stereocenters. The number of anilines is 1. The largest absolute Gasteiger partial charge is 0.373 e. The molecule has 0 spiro atoms. The standard InChI is InChI=1S/C10H14BrN3O/c1-10(3-2-4-15-10)7-14-9-12-5-8(11)6-13-9/h5-6H,2-4,7H2,1H3,(H,12,13,14). The molecule has 0 aromatic carbocycles. The van der Waals surface area contributed by atoms with E-state index in [0.29, 0.717) is 5.95 Å². The van der Waals surface area contributed by atoms with Gasteiger partial charge in [0, 0.05) is 25.5 Å². The van der Waals surface area contributed by atoms with Crippen molar-refractivity contribution in [3.05, 3.63) is 16.9 Å². The Hall–Kier alpha value is -0.680. The smallest absolute Gasteiger partial charge is 0.222 e. The molecule has 15 heavy (non-hydrogen) atoms. The van der Waals surface area contributed by atoms with Gasteiger partial charge in [-0.15, -0.1) is 0 Å². The Morgan fingerprint density at radius 1 is 1.53 bits per heavy atom. The fourth-order valence-corrected chi connectivity index (χ4v) is 1.85. The molecule has 1 aliphatic rings. The Kier molecular flexibility index (Phi) is 3.21. The van der Waals surface area contributed by atoms with Crippen molar-refractivity contribution in [3.63, 3.8) is 0 Å². The van der Waals surface area contributed by atoms with E-state index < -0.39 is 0 Å². The maximum absolute atomic E-state index is 5.66. The Balaban J connectivity index is 1.90. The van der Waals surface area contributed by atoms with Gasteiger partial charge in [-0.1, -0.05) is 0 Å². The van der Waals surface area contributed by atoms with Crippen LogP contribution in [0.4, 0.5) is 5.95 Å². The highest BCUT2D eigenvalue weighted by atomic mass is 79.9. The Morgan fingerprint density at radius 3 is 2.87 bits per heavy atom. The van der Waals surface area contributed by atoms with E-state index in [9.17, 15) is 0 Å². The first-order valence-electron chi connectivity index (χ1n) is 5.03. The molecule has 82 valence electrons. The topological polar surface area (TPSA) is 47.0 Å². The monoisotopic (exact) mass is 271 g/mol. The molecule has 1 atom stereocenters. The van der Waals surface area contributed by atoms with Gasteiger partial charge in [-0.05, 0) is 35.7 Å². The minimum Gasteiger partial charge on any atom is -0.373 e. The number of hydrogen-bond acceptors (Lipinski definition) is 4. The van der Waals surface area contributed by atoms with E-state index in [-0.39, 0.29) is 5.60 Å². The van der Waals surface area contributed by atoms with Crippen LogP contribution < -0.4 is 5.32 Å². The Bertz CT molecular complexity index is 322. The highest BCUT2D eigenvalue weighted by molar-refractivity contribution is 9.10. The number of rotatable bonds is 3.